The predicted octanol–water partition coefficient (Wildman–Crippen LogP) is 2.70. The molecule has 17 heavy (non-hydrogen) atoms. The number of hydrogen-bond acceptors (Lipinski definition) is 2. The summed E-state index contributed by atoms with van der Waals surface area (Å²) in [7, 11) is 0. The largest absolute Gasteiger partial charge is 0.416 e. The molecule has 2 rings (SSSR count). The van der Waals surface area contributed by atoms with E-state index in [4.69, 9.17) is 9.84 Å². The third-order valence-electron chi connectivity index (χ3n) is 2.58. The normalized spacial score (nSPS) is 20.5. The zero-order chi connectivity index (χ0) is 12.5. The molecule has 0 saturated carbocycles. The van der Waals surface area contributed by atoms with E-state index in [1.807, 2.05) is 0 Å². The second kappa shape index (κ2) is 4.50. The van der Waals surface area contributed by atoms with Crippen molar-refractivity contribution in [2.24, 2.45) is 0 Å². The van der Waals surface area contributed by atoms with Crippen molar-refractivity contribution in [3.63, 3.8) is 0 Å². The third kappa shape index (κ3) is 2.68. The summed E-state index contributed by atoms with van der Waals surface area (Å²) in [5.74, 6) is 0. The van der Waals surface area contributed by atoms with Crippen LogP contribution < -0.4 is 0 Å². The van der Waals surface area contributed by atoms with Gasteiger partial charge in [-0.05, 0) is 29.3 Å². The smallest absolute Gasteiger partial charge is 0.392 e. The fraction of sp³-hybridized carbons (Fsp3) is 0.333. The summed E-state index contributed by atoms with van der Waals surface area (Å²) in [6.45, 7) is 0.132. The van der Waals surface area contributed by atoms with E-state index in [1.165, 1.54) is 6.07 Å². The zero-order valence-electron chi connectivity index (χ0n) is 8.87. The van der Waals surface area contributed by atoms with Crippen molar-refractivity contribution >= 4 is 0 Å². The Kier molecular flexibility index (Phi) is 3.22. The maximum atomic E-state index is 12.5. The Bertz CT molecular complexity index is 438. The summed E-state index contributed by atoms with van der Waals surface area (Å²) in [4.78, 5) is 0. The molecular formula is C12H11F3O2. The topological polar surface area (TPSA) is 29.5 Å². The monoisotopic (exact) mass is 244 g/mol. The van der Waals surface area contributed by atoms with Crippen LogP contribution >= 0.6 is 0 Å². The lowest BCUT2D eigenvalue weighted by molar-refractivity contribution is -0.137. The minimum absolute atomic E-state index is 0.130. The van der Waals surface area contributed by atoms with Crippen LogP contribution in [0.1, 0.15) is 17.2 Å². The molecule has 0 fully saturated rings. The highest BCUT2D eigenvalue weighted by molar-refractivity contribution is 5.31. The Morgan fingerprint density at radius 2 is 2.12 bits per heavy atom. The van der Waals surface area contributed by atoms with Crippen LogP contribution in [0.2, 0.25) is 0 Å². The summed E-state index contributed by atoms with van der Waals surface area (Å²) in [5.41, 5.74) is 0.445. The molecule has 1 N–H and O–H groups in total. The Balaban J connectivity index is 2.26. The van der Waals surface area contributed by atoms with E-state index >= 15 is 0 Å². The van der Waals surface area contributed by atoms with Crippen LogP contribution in [-0.2, 0) is 10.9 Å². The Morgan fingerprint density at radius 1 is 1.35 bits per heavy atom. The number of benzene rings is 1. The van der Waals surface area contributed by atoms with Gasteiger partial charge in [-0.15, -0.1) is 0 Å². The first kappa shape index (κ1) is 12.1. The second-order valence-electron chi connectivity index (χ2n) is 3.84. The first-order valence-electron chi connectivity index (χ1n) is 5.10. The van der Waals surface area contributed by atoms with Gasteiger partial charge in [-0.2, -0.15) is 13.2 Å². The molecule has 5 heteroatoms. The Labute approximate surface area is 96.3 Å². The fourth-order valence-corrected chi connectivity index (χ4v) is 1.69. The molecule has 0 saturated heterocycles. The number of aliphatic hydroxyl groups excluding tert-OH is 1. The van der Waals surface area contributed by atoms with Gasteiger partial charge in [0.1, 0.15) is 6.10 Å². The molecule has 0 spiro atoms. The van der Waals surface area contributed by atoms with Gasteiger partial charge < -0.3 is 9.84 Å². The molecule has 2 nitrogen and oxygen atoms in total. The van der Waals surface area contributed by atoms with Gasteiger partial charge in [-0.1, -0.05) is 12.1 Å². The molecule has 92 valence electrons. The summed E-state index contributed by atoms with van der Waals surface area (Å²) in [6, 6.07) is 5.03. The van der Waals surface area contributed by atoms with Crippen LogP contribution in [-0.4, -0.2) is 18.3 Å². The van der Waals surface area contributed by atoms with Gasteiger partial charge in [-0.25, -0.2) is 0 Å². The van der Waals surface area contributed by atoms with E-state index in [9.17, 15) is 13.2 Å². The van der Waals surface area contributed by atoms with Crippen molar-refractivity contribution < 1.29 is 23.0 Å². The van der Waals surface area contributed by atoms with Gasteiger partial charge in [0.2, 0.25) is 0 Å². The van der Waals surface area contributed by atoms with E-state index in [0.29, 0.717) is 11.1 Å². The molecule has 0 amide bonds. The number of halogens is 3. The SMILES string of the molecule is OCC1=C[C@H](c2cccc(C(F)(F)F)c2)OC1. The van der Waals surface area contributed by atoms with Crippen LogP contribution in [0.15, 0.2) is 35.9 Å². The van der Waals surface area contributed by atoms with E-state index in [0.717, 1.165) is 12.1 Å². The summed E-state index contributed by atoms with van der Waals surface area (Å²) in [6.07, 6.45) is -3.20. The average molecular weight is 244 g/mol. The molecule has 0 bridgehead atoms. The van der Waals surface area contributed by atoms with Gasteiger partial charge >= 0.3 is 6.18 Å². The van der Waals surface area contributed by atoms with Gasteiger partial charge in [0, 0.05) is 0 Å². The molecular weight excluding hydrogens is 233 g/mol. The zero-order valence-corrected chi connectivity index (χ0v) is 8.87. The van der Waals surface area contributed by atoms with Crippen LogP contribution in [0.25, 0.3) is 0 Å². The van der Waals surface area contributed by atoms with Crippen LogP contribution in [0.3, 0.4) is 0 Å². The van der Waals surface area contributed by atoms with Crippen molar-refractivity contribution in [2.75, 3.05) is 13.2 Å². The number of ether oxygens (including phenoxy) is 1. The van der Waals surface area contributed by atoms with Crippen LogP contribution in [0, 0.1) is 0 Å². The molecule has 1 atom stereocenters. The van der Waals surface area contributed by atoms with Crippen molar-refractivity contribution in [2.45, 2.75) is 12.3 Å². The van der Waals surface area contributed by atoms with E-state index in [1.54, 1.807) is 12.1 Å². The highest BCUT2D eigenvalue weighted by Crippen LogP contribution is 2.33. The molecule has 1 aliphatic heterocycles. The van der Waals surface area contributed by atoms with Gasteiger partial charge in [0.15, 0.2) is 0 Å². The molecule has 1 aromatic carbocycles. The first-order valence-corrected chi connectivity index (χ1v) is 5.10. The lowest BCUT2D eigenvalue weighted by Gasteiger charge is -2.12. The highest BCUT2D eigenvalue weighted by atomic mass is 19.4. The number of hydrogen-bond donors (Lipinski definition) is 1. The standard InChI is InChI=1S/C12H11F3O2/c13-12(14,15)10-3-1-2-9(5-10)11-4-8(6-16)7-17-11/h1-5,11,16H,6-7H2/t11-/m1/s1. The third-order valence-corrected chi connectivity index (χ3v) is 2.58. The molecule has 1 heterocycles. The van der Waals surface area contributed by atoms with E-state index < -0.39 is 17.8 Å². The number of alkyl halides is 3. The van der Waals surface area contributed by atoms with Gasteiger partial charge in [0.25, 0.3) is 0 Å². The number of rotatable bonds is 2. The van der Waals surface area contributed by atoms with Crippen LogP contribution in [0.4, 0.5) is 13.2 Å². The van der Waals surface area contributed by atoms with Crippen molar-refractivity contribution in [1.29, 1.82) is 0 Å². The Hall–Kier alpha value is -1.33. The minimum Gasteiger partial charge on any atom is -0.392 e. The lowest BCUT2D eigenvalue weighted by Crippen LogP contribution is -2.06. The summed E-state index contributed by atoms with van der Waals surface area (Å²) >= 11 is 0. The predicted molar refractivity (Wildman–Crippen MR) is 55.3 cm³/mol. The van der Waals surface area contributed by atoms with Crippen molar-refractivity contribution in [3.05, 3.63) is 47.0 Å². The van der Waals surface area contributed by atoms with Gasteiger partial charge in [0.05, 0.1) is 18.8 Å². The maximum absolute atomic E-state index is 12.5. The van der Waals surface area contributed by atoms with Crippen molar-refractivity contribution in [1.82, 2.24) is 0 Å². The van der Waals surface area contributed by atoms with Crippen molar-refractivity contribution in [3.8, 4) is 0 Å². The molecule has 0 aliphatic carbocycles. The maximum Gasteiger partial charge on any atom is 0.416 e. The van der Waals surface area contributed by atoms with Gasteiger partial charge in [-0.3, -0.25) is 0 Å². The average Bonchev–Trinajstić information content (AvgIpc) is 2.76. The quantitative estimate of drug-likeness (QED) is 0.810. The lowest BCUT2D eigenvalue weighted by atomic mass is 10.1. The molecule has 0 aromatic heterocycles. The fourth-order valence-electron chi connectivity index (χ4n) is 1.69. The highest BCUT2D eigenvalue weighted by Gasteiger charge is 2.31. The van der Waals surface area contributed by atoms with Crippen LogP contribution in [0.5, 0.6) is 0 Å². The second-order valence-corrected chi connectivity index (χ2v) is 3.84. The molecule has 0 radical (unpaired) electrons. The van der Waals surface area contributed by atoms with E-state index in [2.05, 4.69) is 0 Å². The molecule has 0 unspecified atom stereocenters. The first-order chi connectivity index (χ1) is 8.00. The number of aliphatic hydroxyl groups is 1. The summed E-state index contributed by atoms with van der Waals surface area (Å²) in [5, 5.41) is 8.89. The van der Waals surface area contributed by atoms with E-state index in [-0.39, 0.29) is 13.2 Å². The Morgan fingerprint density at radius 3 is 2.71 bits per heavy atom. The molecule has 1 aromatic rings. The minimum atomic E-state index is -4.35. The summed E-state index contributed by atoms with van der Waals surface area (Å²) < 4.78 is 42.8. The molecule has 1 aliphatic rings.